The Balaban J connectivity index is 1.95. The topological polar surface area (TPSA) is 0 Å². The average molecular weight is 246 g/mol. The lowest BCUT2D eigenvalue weighted by Gasteiger charge is -2.12. The lowest BCUT2D eigenvalue weighted by atomic mass is 9.93. The van der Waals surface area contributed by atoms with Crippen LogP contribution in [-0.2, 0) is 6.42 Å². The number of hydrogen-bond donors (Lipinski definition) is 0. The van der Waals surface area contributed by atoms with Gasteiger partial charge in [0, 0.05) is 0 Å². The third-order valence-electron chi connectivity index (χ3n) is 3.80. The standard InChI is InChI=1S/C19H18/c1-15-18(14-16-8-5-6-9-16)12-7-13-19(15)17-10-3-2-4-11-17/h2-8,10-13H,9,14H2,1H3. The zero-order chi connectivity index (χ0) is 13.1. The van der Waals surface area contributed by atoms with Crippen molar-refractivity contribution in [2.24, 2.45) is 0 Å². The van der Waals surface area contributed by atoms with Gasteiger partial charge in [-0.25, -0.2) is 0 Å². The molecule has 0 bridgehead atoms. The summed E-state index contributed by atoms with van der Waals surface area (Å²) in [7, 11) is 0. The highest BCUT2D eigenvalue weighted by atomic mass is 14.1. The van der Waals surface area contributed by atoms with Gasteiger partial charge in [0.2, 0.25) is 0 Å². The molecule has 0 aromatic heterocycles. The zero-order valence-electron chi connectivity index (χ0n) is 11.3. The van der Waals surface area contributed by atoms with E-state index in [-0.39, 0.29) is 0 Å². The molecule has 0 N–H and O–H groups in total. The minimum absolute atomic E-state index is 1.07. The van der Waals surface area contributed by atoms with Gasteiger partial charge >= 0.3 is 0 Å². The van der Waals surface area contributed by atoms with Crippen molar-refractivity contribution >= 4 is 0 Å². The Morgan fingerprint density at radius 2 is 1.79 bits per heavy atom. The molecule has 0 spiro atoms. The van der Waals surface area contributed by atoms with E-state index in [9.17, 15) is 0 Å². The highest BCUT2D eigenvalue weighted by molar-refractivity contribution is 5.68. The van der Waals surface area contributed by atoms with E-state index < -0.39 is 0 Å². The summed E-state index contributed by atoms with van der Waals surface area (Å²) >= 11 is 0. The Labute approximate surface area is 115 Å². The van der Waals surface area contributed by atoms with Crippen LogP contribution in [0.3, 0.4) is 0 Å². The summed E-state index contributed by atoms with van der Waals surface area (Å²) in [5, 5.41) is 0. The van der Waals surface area contributed by atoms with Crippen LogP contribution in [0.25, 0.3) is 11.1 Å². The molecule has 94 valence electrons. The summed E-state index contributed by atoms with van der Waals surface area (Å²) in [6.07, 6.45) is 8.81. The summed E-state index contributed by atoms with van der Waals surface area (Å²) in [6.45, 7) is 2.24. The third kappa shape index (κ3) is 2.53. The normalized spacial score (nSPS) is 13.6. The van der Waals surface area contributed by atoms with Gasteiger partial charge in [-0.1, -0.05) is 72.3 Å². The van der Waals surface area contributed by atoms with Crippen molar-refractivity contribution in [1.82, 2.24) is 0 Å². The van der Waals surface area contributed by atoms with E-state index in [1.54, 1.807) is 0 Å². The van der Waals surface area contributed by atoms with Crippen molar-refractivity contribution in [1.29, 1.82) is 0 Å². The number of benzene rings is 2. The molecule has 0 radical (unpaired) electrons. The lowest BCUT2D eigenvalue weighted by Crippen LogP contribution is -1.94. The molecular formula is C19H18. The van der Waals surface area contributed by atoms with Crippen LogP contribution < -0.4 is 0 Å². The highest BCUT2D eigenvalue weighted by Crippen LogP contribution is 2.27. The molecule has 0 heterocycles. The molecule has 2 aromatic carbocycles. The first-order valence-electron chi connectivity index (χ1n) is 6.83. The van der Waals surface area contributed by atoms with Crippen LogP contribution in [0.15, 0.2) is 72.3 Å². The van der Waals surface area contributed by atoms with E-state index in [0.717, 1.165) is 12.8 Å². The van der Waals surface area contributed by atoms with E-state index in [4.69, 9.17) is 0 Å². The molecule has 0 fully saturated rings. The Hall–Kier alpha value is -2.08. The summed E-state index contributed by atoms with van der Waals surface area (Å²) in [5.41, 5.74) is 7.01. The molecule has 0 saturated heterocycles. The first-order valence-corrected chi connectivity index (χ1v) is 6.83. The molecule has 1 aliphatic rings. The van der Waals surface area contributed by atoms with Crippen LogP contribution in [0.1, 0.15) is 17.5 Å². The van der Waals surface area contributed by atoms with Gasteiger partial charge in [0.05, 0.1) is 0 Å². The quantitative estimate of drug-likeness (QED) is 0.707. The molecule has 0 aliphatic heterocycles. The second-order valence-corrected chi connectivity index (χ2v) is 5.09. The van der Waals surface area contributed by atoms with Gasteiger partial charge in [-0.3, -0.25) is 0 Å². The molecule has 0 heteroatoms. The van der Waals surface area contributed by atoms with Gasteiger partial charge in [0.1, 0.15) is 0 Å². The van der Waals surface area contributed by atoms with Gasteiger partial charge in [-0.15, -0.1) is 0 Å². The Kier molecular flexibility index (Phi) is 3.33. The number of hydrogen-bond acceptors (Lipinski definition) is 0. The molecule has 2 aromatic rings. The van der Waals surface area contributed by atoms with Crippen LogP contribution in [0, 0.1) is 6.92 Å². The molecule has 3 rings (SSSR count). The van der Waals surface area contributed by atoms with Gasteiger partial charge in [0.25, 0.3) is 0 Å². The monoisotopic (exact) mass is 246 g/mol. The summed E-state index contributed by atoms with van der Waals surface area (Å²) in [6, 6.07) is 17.3. The predicted octanol–water partition coefficient (Wildman–Crippen LogP) is 5.09. The van der Waals surface area contributed by atoms with Gasteiger partial charge in [-0.2, -0.15) is 0 Å². The van der Waals surface area contributed by atoms with Gasteiger partial charge in [0.15, 0.2) is 0 Å². The zero-order valence-corrected chi connectivity index (χ0v) is 11.3. The third-order valence-corrected chi connectivity index (χ3v) is 3.80. The molecule has 0 saturated carbocycles. The van der Waals surface area contributed by atoms with E-state index in [2.05, 4.69) is 73.7 Å². The van der Waals surface area contributed by atoms with Crippen molar-refractivity contribution in [3.8, 4) is 11.1 Å². The van der Waals surface area contributed by atoms with E-state index in [1.807, 2.05) is 0 Å². The Morgan fingerprint density at radius 3 is 2.53 bits per heavy atom. The SMILES string of the molecule is Cc1c(CC2=CC=CC2)cccc1-c1ccccc1. The van der Waals surface area contributed by atoms with Crippen LogP contribution in [0.4, 0.5) is 0 Å². The number of allylic oxidation sites excluding steroid dienone is 4. The molecule has 0 unspecified atom stereocenters. The second-order valence-electron chi connectivity index (χ2n) is 5.09. The fourth-order valence-electron chi connectivity index (χ4n) is 2.67. The smallest absolute Gasteiger partial charge is 0.00580 e. The maximum absolute atomic E-state index is 2.25. The molecule has 0 amide bonds. The first kappa shape index (κ1) is 12.0. The minimum atomic E-state index is 1.07. The summed E-state index contributed by atoms with van der Waals surface area (Å²) in [4.78, 5) is 0. The first-order chi connectivity index (χ1) is 9.34. The molecule has 19 heavy (non-hydrogen) atoms. The summed E-state index contributed by atoms with van der Waals surface area (Å²) in [5.74, 6) is 0. The Bertz CT molecular complexity index is 630. The van der Waals surface area contributed by atoms with Gasteiger partial charge < -0.3 is 0 Å². The van der Waals surface area contributed by atoms with Crippen LogP contribution in [0.5, 0.6) is 0 Å². The largest absolute Gasteiger partial charge is 0.0804 e. The predicted molar refractivity (Wildman–Crippen MR) is 82.2 cm³/mol. The number of rotatable bonds is 3. The fourth-order valence-corrected chi connectivity index (χ4v) is 2.67. The highest BCUT2D eigenvalue weighted by Gasteiger charge is 2.08. The van der Waals surface area contributed by atoms with Crippen molar-refractivity contribution in [3.05, 3.63) is 83.5 Å². The maximum Gasteiger partial charge on any atom is -0.00580 e. The lowest BCUT2D eigenvalue weighted by molar-refractivity contribution is 1.07. The van der Waals surface area contributed by atoms with Crippen LogP contribution >= 0.6 is 0 Å². The minimum Gasteiger partial charge on any atom is -0.0804 e. The molecular weight excluding hydrogens is 228 g/mol. The molecule has 0 atom stereocenters. The van der Waals surface area contributed by atoms with Crippen molar-refractivity contribution in [2.45, 2.75) is 19.8 Å². The van der Waals surface area contributed by atoms with Crippen LogP contribution in [-0.4, -0.2) is 0 Å². The maximum atomic E-state index is 2.25. The second kappa shape index (κ2) is 5.27. The van der Waals surface area contributed by atoms with Crippen molar-refractivity contribution in [3.63, 3.8) is 0 Å². The van der Waals surface area contributed by atoms with Crippen molar-refractivity contribution < 1.29 is 0 Å². The van der Waals surface area contributed by atoms with Gasteiger partial charge in [-0.05, 0) is 42.0 Å². The van der Waals surface area contributed by atoms with Crippen LogP contribution in [0.2, 0.25) is 0 Å². The molecule has 0 nitrogen and oxygen atoms in total. The van der Waals surface area contributed by atoms with Crippen molar-refractivity contribution in [2.75, 3.05) is 0 Å². The average Bonchev–Trinajstić information content (AvgIpc) is 2.95. The molecule has 1 aliphatic carbocycles. The fraction of sp³-hybridized carbons (Fsp3) is 0.158. The van der Waals surface area contributed by atoms with E-state index in [1.165, 1.54) is 27.8 Å². The summed E-state index contributed by atoms with van der Waals surface area (Å²) < 4.78 is 0. The Morgan fingerprint density at radius 1 is 0.947 bits per heavy atom. The van der Waals surface area contributed by atoms with E-state index >= 15 is 0 Å². The van der Waals surface area contributed by atoms with E-state index in [0.29, 0.717) is 0 Å².